The standard InChI is InChI=1S/C14H26O2/c1-7-14(6,11-9-10-12(3)4)16-13(5)15-8-2/h7,10,13H,1,8-9,11H2,2-6H3/t13-,14+/m1/s1. The summed E-state index contributed by atoms with van der Waals surface area (Å²) in [5.41, 5.74) is 1.03. The summed E-state index contributed by atoms with van der Waals surface area (Å²) in [5, 5.41) is 0. The van der Waals surface area contributed by atoms with Crippen LogP contribution in [0.1, 0.15) is 47.5 Å². The van der Waals surface area contributed by atoms with Gasteiger partial charge in [-0.25, -0.2) is 0 Å². The van der Waals surface area contributed by atoms with Crippen molar-refractivity contribution in [1.29, 1.82) is 0 Å². The van der Waals surface area contributed by atoms with E-state index in [1.165, 1.54) is 5.57 Å². The zero-order valence-electron chi connectivity index (χ0n) is 11.4. The van der Waals surface area contributed by atoms with Crippen molar-refractivity contribution >= 4 is 0 Å². The fourth-order valence-corrected chi connectivity index (χ4v) is 1.50. The predicted molar refractivity (Wildman–Crippen MR) is 69.4 cm³/mol. The normalized spacial score (nSPS) is 16.3. The van der Waals surface area contributed by atoms with Crippen molar-refractivity contribution in [3.05, 3.63) is 24.3 Å². The Balaban J connectivity index is 4.19. The van der Waals surface area contributed by atoms with E-state index in [9.17, 15) is 0 Å². The largest absolute Gasteiger partial charge is 0.353 e. The monoisotopic (exact) mass is 226 g/mol. The highest BCUT2D eigenvalue weighted by Gasteiger charge is 2.23. The SMILES string of the molecule is C=C[C@@](C)(CCC=C(C)C)O[C@H](C)OCC. The maximum absolute atomic E-state index is 5.84. The zero-order chi connectivity index (χ0) is 12.6. The molecule has 2 nitrogen and oxygen atoms in total. The molecule has 0 fully saturated rings. The molecule has 0 aliphatic rings. The van der Waals surface area contributed by atoms with Crippen molar-refractivity contribution in [2.75, 3.05) is 6.61 Å². The lowest BCUT2D eigenvalue weighted by atomic mass is 9.99. The summed E-state index contributed by atoms with van der Waals surface area (Å²) >= 11 is 0. The predicted octanol–water partition coefficient (Wildman–Crippen LogP) is 4.08. The topological polar surface area (TPSA) is 18.5 Å². The van der Waals surface area contributed by atoms with E-state index in [4.69, 9.17) is 9.47 Å². The van der Waals surface area contributed by atoms with E-state index >= 15 is 0 Å². The van der Waals surface area contributed by atoms with Crippen LogP contribution in [0.4, 0.5) is 0 Å². The Labute approximate surface area is 100 Å². The molecule has 0 bridgehead atoms. The zero-order valence-corrected chi connectivity index (χ0v) is 11.4. The Morgan fingerprint density at radius 2 is 2.06 bits per heavy atom. The number of ether oxygens (including phenoxy) is 2. The van der Waals surface area contributed by atoms with Crippen LogP contribution in [-0.2, 0) is 9.47 Å². The Hall–Kier alpha value is -0.600. The lowest BCUT2D eigenvalue weighted by Crippen LogP contribution is -2.31. The number of hydrogen-bond acceptors (Lipinski definition) is 2. The van der Waals surface area contributed by atoms with Gasteiger partial charge in [-0.3, -0.25) is 0 Å². The van der Waals surface area contributed by atoms with Crippen molar-refractivity contribution in [3.8, 4) is 0 Å². The minimum Gasteiger partial charge on any atom is -0.353 e. The van der Waals surface area contributed by atoms with Gasteiger partial charge in [0.15, 0.2) is 6.29 Å². The van der Waals surface area contributed by atoms with Crippen LogP contribution in [0.5, 0.6) is 0 Å². The van der Waals surface area contributed by atoms with Crippen molar-refractivity contribution in [2.45, 2.75) is 59.4 Å². The van der Waals surface area contributed by atoms with Crippen LogP contribution in [0, 0.1) is 0 Å². The molecule has 0 N–H and O–H groups in total. The molecule has 0 heterocycles. The van der Waals surface area contributed by atoms with Crippen molar-refractivity contribution in [2.24, 2.45) is 0 Å². The smallest absolute Gasteiger partial charge is 0.155 e. The number of hydrogen-bond donors (Lipinski definition) is 0. The molecule has 0 aliphatic heterocycles. The van der Waals surface area contributed by atoms with Crippen molar-refractivity contribution in [1.82, 2.24) is 0 Å². The molecule has 94 valence electrons. The van der Waals surface area contributed by atoms with E-state index in [1.54, 1.807) is 0 Å². The first-order chi connectivity index (χ1) is 7.43. The maximum Gasteiger partial charge on any atom is 0.155 e. The highest BCUT2D eigenvalue weighted by molar-refractivity contribution is 4.99. The van der Waals surface area contributed by atoms with E-state index in [0.29, 0.717) is 6.61 Å². The molecule has 2 atom stereocenters. The molecular formula is C14H26O2. The lowest BCUT2D eigenvalue weighted by molar-refractivity contribution is -0.180. The molecule has 2 heteroatoms. The first kappa shape index (κ1) is 15.4. The molecule has 0 aliphatic carbocycles. The fraction of sp³-hybridized carbons (Fsp3) is 0.714. The van der Waals surface area contributed by atoms with Crippen LogP contribution < -0.4 is 0 Å². The number of allylic oxidation sites excluding steroid dienone is 2. The van der Waals surface area contributed by atoms with Gasteiger partial charge in [-0.2, -0.15) is 0 Å². The van der Waals surface area contributed by atoms with Crippen LogP contribution >= 0.6 is 0 Å². The van der Waals surface area contributed by atoms with Gasteiger partial charge in [-0.15, -0.1) is 6.58 Å². The van der Waals surface area contributed by atoms with Gasteiger partial charge < -0.3 is 9.47 Å². The molecule has 0 spiro atoms. The van der Waals surface area contributed by atoms with E-state index in [2.05, 4.69) is 26.5 Å². The molecule has 0 rings (SSSR count). The molecule has 0 saturated heterocycles. The molecule has 0 aromatic rings. The average Bonchev–Trinajstić information content (AvgIpc) is 2.17. The Morgan fingerprint density at radius 3 is 2.50 bits per heavy atom. The molecule has 0 radical (unpaired) electrons. The Bertz CT molecular complexity index is 229. The molecule has 0 amide bonds. The third-order valence-corrected chi connectivity index (χ3v) is 2.46. The van der Waals surface area contributed by atoms with Crippen LogP contribution in [0.3, 0.4) is 0 Å². The molecule has 0 saturated carbocycles. The summed E-state index contributed by atoms with van der Waals surface area (Å²) in [5.74, 6) is 0. The number of rotatable bonds is 8. The second-order valence-corrected chi connectivity index (χ2v) is 4.48. The molecule has 0 aromatic carbocycles. The minimum atomic E-state index is -0.305. The van der Waals surface area contributed by atoms with E-state index in [-0.39, 0.29) is 11.9 Å². The van der Waals surface area contributed by atoms with E-state index in [1.807, 2.05) is 26.8 Å². The quantitative estimate of drug-likeness (QED) is 0.458. The molecule has 0 aromatic heterocycles. The Morgan fingerprint density at radius 1 is 1.44 bits per heavy atom. The highest BCUT2D eigenvalue weighted by atomic mass is 16.7. The van der Waals surface area contributed by atoms with Gasteiger partial charge in [-0.1, -0.05) is 17.7 Å². The first-order valence-electron chi connectivity index (χ1n) is 6.00. The van der Waals surface area contributed by atoms with Gasteiger partial charge in [0.25, 0.3) is 0 Å². The fourth-order valence-electron chi connectivity index (χ4n) is 1.50. The van der Waals surface area contributed by atoms with Crippen LogP contribution in [0.15, 0.2) is 24.3 Å². The third kappa shape index (κ3) is 6.81. The minimum absolute atomic E-state index is 0.181. The molecular weight excluding hydrogens is 200 g/mol. The van der Waals surface area contributed by atoms with Gasteiger partial charge in [0.05, 0.1) is 5.60 Å². The van der Waals surface area contributed by atoms with E-state index in [0.717, 1.165) is 12.8 Å². The second-order valence-electron chi connectivity index (χ2n) is 4.48. The molecule has 0 unspecified atom stereocenters. The second kappa shape index (κ2) is 7.64. The summed E-state index contributed by atoms with van der Waals surface area (Å²) < 4.78 is 11.2. The highest BCUT2D eigenvalue weighted by Crippen LogP contribution is 2.22. The third-order valence-electron chi connectivity index (χ3n) is 2.46. The summed E-state index contributed by atoms with van der Waals surface area (Å²) in [6.45, 7) is 14.7. The van der Waals surface area contributed by atoms with Gasteiger partial charge in [0.1, 0.15) is 0 Å². The van der Waals surface area contributed by atoms with Crippen molar-refractivity contribution < 1.29 is 9.47 Å². The summed E-state index contributed by atoms with van der Waals surface area (Å²) in [7, 11) is 0. The van der Waals surface area contributed by atoms with Crippen LogP contribution in [0.25, 0.3) is 0 Å². The first-order valence-corrected chi connectivity index (χ1v) is 6.00. The van der Waals surface area contributed by atoms with Gasteiger partial charge in [-0.05, 0) is 47.5 Å². The van der Waals surface area contributed by atoms with Crippen LogP contribution in [-0.4, -0.2) is 18.5 Å². The van der Waals surface area contributed by atoms with Gasteiger partial charge in [0, 0.05) is 6.61 Å². The van der Waals surface area contributed by atoms with Crippen LogP contribution in [0.2, 0.25) is 0 Å². The van der Waals surface area contributed by atoms with Crippen molar-refractivity contribution in [3.63, 3.8) is 0 Å². The van der Waals surface area contributed by atoms with Gasteiger partial charge in [0.2, 0.25) is 0 Å². The maximum atomic E-state index is 5.84. The lowest BCUT2D eigenvalue weighted by Gasteiger charge is -2.29. The van der Waals surface area contributed by atoms with E-state index < -0.39 is 0 Å². The summed E-state index contributed by atoms with van der Waals surface area (Å²) in [4.78, 5) is 0. The summed E-state index contributed by atoms with van der Waals surface area (Å²) in [6.07, 6.45) is 5.83. The summed E-state index contributed by atoms with van der Waals surface area (Å²) in [6, 6.07) is 0. The van der Waals surface area contributed by atoms with Gasteiger partial charge >= 0.3 is 0 Å². The molecule has 16 heavy (non-hydrogen) atoms. The Kier molecular flexibility index (Phi) is 7.35. The average molecular weight is 226 g/mol.